The number of carbonyl (C=O) groups excluding carboxylic acids is 1. The van der Waals surface area contributed by atoms with Crippen LogP contribution in [0.3, 0.4) is 0 Å². The van der Waals surface area contributed by atoms with E-state index >= 15 is 0 Å². The molecule has 1 amide bonds. The number of fused-ring (bicyclic) bond motifs is 1. The average molecular weight is 492 g/mol. The van der Waals surface area contributed by atoms with Crippen molar-refractivity contribution in [1.29, 1.82) is 0 Å². The molecule has 9 heteroatoms. The Kier molecular flexibility index (Phi) is 6.26. The SMILES string of the molecule is O=C(C1CCN(c2ccc(-c3cccs3)nn2)CC1)N1CCN(Cc2ccc3c(c2)OCO3)CC1. The molecule has 2 aromatic heterocycles. The van der Waals surface area contributed by atoms with Crippen molar-refractivity contribution in [2.45, 2.75) is 19.4 Å². The lowest BCUT2D eigenvalue weighted by atomic mass is 9.95. The van der Waals surface area contributed by atoms with Gasteiger partial charge in [0.25, 0.3) is 0 Å². The van der Waals surface area contributed by atoms with Crippen molar-refractivity contribution in [3.05, 3.63) is 53.4 Å². The molecule has 35 heavy (non-hydrogen) atoms. The maximum atomic E-state index is 13.2. The topological polar surface area (TPSA) is 71.0 Å². The third-order valence-electron chi connectivity index (χ3n) is 7.12. The Hall–Kier alpha value is -3.17. The highest BCUT2D eigenvalue weighted by atomic mass is 32.1. The van der Waals surface area contributed by atoms with Gasteiger partial charge in [0.05, 0.1) is 4.88 Å². The molecule has 0 spiro atoms. The van der Waals surface area contributed by atoms with Crippen molar-refractivity contribution in [3.63, 3.8) is 0 Å². The van der Waals surface area contributed by atoms with E-state index < -0.39 is 0 Å². The average Bonchev–Trinajstić information content (AvgIpc) is 3.61. The second kappa shape index (κ2) is 9.83. The molecule has 8 nitrogen and oxygen atoms in total. The van der Waals surface area contributed by atoms with Gasteiger partial charge in [-0.25, -0.2) is 0 Å². The lowest BCUT2D eigenvalue weighted by Crippen LogP contribution is -2.51. The number of amides is 1. The van der Waals surface area contributed by atoms with Crippen LogP contribution in [0.2, 0.25) is 0 Å². The summed E-state index contributed by atoms with van der Waals surface area (Å²) in [7, 11) is 0. The van der Waals surface area contributed by atoms with Gasteiger partial charge in [-0.05, 0) is 54.1 Å². The summed E-state index contributed by atoms with van der Waals surface area (Å²) >= 11 is 1.67. The molecular weight excluding hydrogens is 462 g/mol. The molecule has 5 heterocycles. The summed E-state index contributed by atoms with van der Waals surface area (Å²) in [4.78, 5) is 21.0. The van der Waals surface area contributed by atoms with E-state index in [0.29, 0.717) is 12.7 Å². The molecule has 3 aromatic rings. The first kappa shape index (κ1) is 22.3. The van der Waals surface area contributed by atoms with Crippen molar-refractivity contribution >= 4 is 23.1 Å². The standard InChI is InChI=1S/C26H29N5O3S/c32-26(31-13-11-29(12-14-31)17-19-3-5-22-23(16-19)34-18-33-22)20-7-9-30(10-8-20)25-6-4-21(27-28-25)24-2-1-15-35-24/h1-6,15-16,20H,7-14,17-18H2. The maximum Gasteiger partial charge on any atom is 0.231 e. The Morgan fingerprint density at radius 3 is 2.51 bits per heavy atom. The van der Waals surface area contributed by atoms with Crippen LogP contribution < -0.4 is 14.4 Å². The first-order valence-corrected chi connectivity index (χ1v) is 13.1. The quantitative estimate of drug-likeness (QED) is 0.541. The highest BCUT2D eigenvalue weighted by molar-refractivity contribution is 7.13. The molecule has 0 bridgehead atoms. The normalized spacial score (nSPS) is 18.7. The summed E-state index contributed by atoms with van der Waals surface area (Å²) in [5.74, 6) is 2.95. The first-order chi connectivity index (χ1) is 17.2. The molecule has 0 radical (unpaired) electrons. The van der Waals surface area contributed by atoms with Crippen LogP contribution in [0.5, 0.6) is 11.5 Å². The van der Waals surface area contributed by atoms with Gasteiger partial charge in [-0.3, -0.25) is 9.69 Å². The summed E-state index contributed by atoms with van der Waals surface area (Å²) in [6.45, 7) is 6.22. The van der Waals surface area contributed by atoms with E-state index in [4.69, 9.17) is 9.47 Å². The zero-order chi connectivity index (χ0) is 23.6. The predicted molar refractivity (Wildman–Crippen MR) is 135 cm³/mol. The fraction of sp³-hybridized carbons (Fsp3) is 0.423. The van der Waals surface area contributed by atoms with Crippen LogP contribution in [0.4, 0.5) is 5.82 Å². The smallest absolute Gasteiger partial charge is 0.231 e. The number of ether oxygens (including phenoxy) is 2. The molecule has 2 fully saturated rings. The minimum Gasteiger partial charge on any atom is -0.454 e. The molecule has 6 rings (SSSR count). The highest BCUT2D eigenvalue weighted by Crippen LogP contribution is 2.33. The van der Waals surface area contributed by atoms with Gasteiger partial charge in [-0.1, -0.05) is 12.1 Å². The number of carbonyl (C=O) groups is 1. The number of piperazine rings is 1. The summed E-state index contributed by atoms with van der Waals surface area (Å²) in [6.07, 6.45) is 1.73. The van der Waals surface area contributed by atoms with Crippen LogP contribution in [-0.4, -0.2) is 72.0 Å². The zero-order valence-electron chi connectivity index (χ0n) is 19.6. The van der Waals surface area contributed by atoms with E-state index in [9.17, 15) is 4.79 Å². The minimum atomic E-state index is 0.102. The number of hydrogen-bond donors (Lipinski definition) is 0. The lowest BCUT2D eigenvalue weighted by Gasteiger charge is -2.38. The van der Waals surface area contributed by atoms with E-state index in [0.717, 1.165) is 86.5 Å². The fourth-order valence-corrected chi connectivity index (χ4v) is 5.78. The van der Waals surface area contributed by atoms with Crippen molar-refractivity contribution in [2.75, 3.05) is 51.0 Å². The number of anilines is 1. The number of aromatic nitrogens is 2. The zero-order valence-corrected chi connectivity index (χ0v) is 20.5. The van der Waals surface area contributed by atoms with E-state index in [1.165, 1.54) is 5.56 Å². The third-order valence-corrected chi connectivity index (χ3v) is 8.01. The van der Waals surface area contributed by atoms with E-state index in [1.54, 1.807) is 11.3 Å². The number of hydrogen-bond acceptors (Lipinski definition) is 8. The minimum absolute atomic E-state index is 0.102. The van der Waals surface area contributed by atoms with Gasteiger partial charge in [0.15, 0.2) is 17.3 Å². The molecular formula is C26H29N5O3S. The molecule has 0 unspecified atom stereocenters. The Morgan fingerprint density at radius 1 is 0.943 bits per heavy atom. The van der Waals surface area contributed by atoms with Crippen molar-refractivity contribution in [3.8, 4) is 22.1 Å². The predicted octanol–water partition coefficient (Wildman–Crippen LogP) is 3.49. The number of rotatable bonds is 5. The van der Waals surface area contributed by atoms with Crippen LogP contribution in [-0.2, 0) is 11.3 Å². The second-order valence-corrected chi connectivity index (χ2v) is 10.3. The van der Waals surface area contributed by atoms with Gasteiger partial charge in [0.1, 0.15) is 5.69 Å². The van der Waals surface area contributed by atoms with Gasteiger partial charge in [-0.2, -0.15) is 0 Å². The van der Waals surface area contributed by atoms with Crippen LogP contribution in [0.25, 0.3) is 10.6 Å². The molecule has 0 N–H and O–H groups in total. The van der Waals surface area contributed by atoms with E-state index in [2.05, 4.69) is 43.1 Å². The number of thiophene rings is 1. The number of benzene rings is 1. The molecule has 0 atom stereocenters. The second-order valence-electron chi connectivity index (χ2n) is 9.30. The molecule has 2 saturated heterocycles. The monoisotopic (exact) mass is 491 g/mol. The Labute approximate surface area is 209 Å². The van der Waals surface area contributed by atoms with Gasteiger partial charge < -0.3 is 19.3 Å². The lowest BCUT2D eigenvalue weighted by molar-refractivity contribution is -0.138. The van der Waals surface area contributed by atoms with E-state index in [-0.39, 0.29) is 5.92 Å². The van der Waals surface area contributed by atoms with Crippen molar-refractivity contribution in [1.82, 2.24) is 20.0 Å². The van der Waals surface area contributed by atoms with Crippen molar-refractivity contribution < 1.29 is 14.3 Å². The molecule has 0 aliphatic carbocycles. The molecule has 3 aliphatic rings. The maximum absolute atomic E-state index is 13.2. The van der Waals surface area contributed by atoms with Crippen LogP contribution in [0.15, 0.2) is 47.8 Å². The van der Waals surface area contributed by atoms with E-state index in [1.807, 2.05) is 29.6 Å². The fourth-order valence-electron chi connectivity index (χ4n) is 5.09. The molecule has 3 aliphatic heterocycles. The van der Waals surface area contributed by atoms with Crippen LogP contribution in [0.1, 0.15) is 18.4 Å². The molecule has 0 saturated carbocycles. The largest absolute Gasteiger partial charge is 0.454 e. The van der Waals surface area contributed by atoms with Gasteiger partial charge in [0, 0.05) is 51.7 Å². The Morgan fingerprint density at radius 2 is 1.77 bits per heavy atom. The van der Waals surface area contributed by atoms with Crippen molar-refractivity contribution in [2.24, 2.45) is 5.92 Å². The number of nitrogens with zero attached hydrogens (tertiary/aromatic N) is 5. The molecule has 182 valence electrons. The third kappa shape index (κ3) is 4.83. The summed E-state index contributed by atoms with van der Waals surface area (Å²) in [6, 6.07) is 14.3. The molecule has 1 aromatic carbocycles. The van der Waals surface area contributed by atoms with Gasteiger partial charge >= 0.3 is 0 Å². The van der Waals surface area contributed by atoms with Gasteiger partial charge in [-0.15, -0.1) is 21.5 Å². The summed E-state index contributed by atoms with van der Waals surface area (Å²) in [5.41, 5.74) is 2.12. The van der Waals surface area contributed by atoms with Gasteiger partial charge in [0.2, 0.25) is 12.7 Å². The van der Waals surface area contributed by atoms with Crippen LogP contribution in [0, 0.1) is 5.92 Å². The first-order valence-electron chi connectivity index (χ1n) is 12.3. The summed E-state index contributed by atoms with van der Waals surface area (Å²) < 4.78 is 10.9. The summed E-state index contributed by atoms with van der Waals surface area (Å²) in [5, 5.41) is 10.9. The van der Waals surface area contributed by atoms with Crippen LogP contribution >= 0.6 is 11.3 Å². The Bertz CT molecular complexity index is 1150. The highest BCUT2D eigenvalue weighted by Gasteiger charge is 2.31. The number of piperidine rings is 1. The Balaban J connectivity index is 0.974.